The van der Waals surface area contributed by atoms with Crippen LogP contribution in [0.25, 0.3) is 0 Å². The lowest BCUT2D eigenvalue weighted by molar-refractivity contribution is 0.262. The van der Waals surface area contributed by atoms with E-state index >= 15 is 0 Å². The first-order valence-electron chi connectivity index (χ1n) is 6.16. The number of piperidine rings is 1. The van der Waals surface area contributed by atoms with E-state index in [1.165, 1.54) is 51.9 Å². The summed E-state index contributed by atoms with van der Waals surface area (Å²) < 4.78 is 0. The minimum Gasteiger partial charge on any atom is -0.317 e. The number of hydrogen-bond acceptors (Lipinski definition) is 2. The third kappa shape index (κ3) is 2.12. The Kier molecular flexibility index (Phi) is 3.13. The van der Waals surface area contributed by atoms with Crippen LogP contribution in [0.15, 0.2) is 0 Å². The van der Waals surface area contributed by atoms with Crippen molar-refractivity contribution in [1.82, 2.24) is 10.2 Å². The number of nitrogens with zero attached hydrogens (tertiary/aromatic N) is 1. The van der Waals surface area contributed by atoms with Gasteiger partial charge in [-0.3, -0.25) is 0 Å². The fourth-order valence-electron chi connectivity index (χ4n) is 3.08. The largest absolute Gasteiger partial charge is 0.317 e. The molecule has 1 atom stereocenters. The van der Waals surface area contributed by atoms with Gasteiger partial charge in [0, 0.05) is 6.54 Å². The standard InChI is InChI=1S/C12H24N2/c1-3-8-14(2)10-11-9-12(11)4-6-13-7-5-12/h11,13H,3-10H2,1-2H3. The van der Waals surface area contributed by atoms with Gasteiger partial charge in [0.05, 0.1) is 0 Å². The summed E-state index contributed by atoms with van der Waals surface area (Å²) in [6, 6.07) is 0. The minimum atomic E-state index is 0.771. The third-order valence-electron chi connectivity index (χ3n) is 4.10. The van der Waals surface area contributed by atoms with E-state index in [4.69, 9.17) is 0 Å². The van der Waals surface area contributed by atoms with Crippen molar-refractivity contribution < 1.29 is 0 Å². The molecule has 2 aliphatic rings. The highest BCUT2D eigenvalue weighted by molar-refractivity contribution is 5.05. The topological polar surface area (TPSA) is 15.3 Å². The monoisotopic (exact) mass is 196 g/mol. The Morgan fingerprint density at radius 1 is 1.36 bits per heavy atom. The number of rotatable bonds is 4. The predicted octanol–water partition coefficient (Wildman–Crippen LogP) is 1.72. The molecule has 1 saturated carbocycles. The van der Waals surface area contributed by atoms with E-state index < -0.39 is 0 Å². The Morgan fingerprint density at radius 3 is 2.71 bits per heavy atom. The molecule has 0 amide bonds. The average molecular weight is 196 g/mol. The zero-order valence-electron chi connectivity index (χ0n) is 9.68. The van der Waals surface area contributed by atoms with E-state index in [2.05, 4.69) is 24.2 Å². The molecule has 0 aromatic carbocycles. The maximum atomic E-state index is 3.47. The smallest absolute Gasteiger partial charge is 0.00121 e. The van der Waals surface area contributed by atoms with Crippen LogP contribution in [-0.4, -0.2) is 38.1 Å². The Labute approximate surface area is 88.1 Å². The molecule has 1 saturated heterocycles. The summed E-state index contributed by atoms with van der Waals surface area (Å²) in [5, 5.41) is 3.47. The van der Waals surface area contributed by atoms with E-state index in [1.54, 1.807) is 0 Å². The van der Waals surface area contributed by atoms with Crippen LogP contribution in [0.3, 0.4) is 0 Å². The summed E-state index contributed by atoms with van der Waals surface area (Å²) >= 11 is 0. The molecular weight excluding hydrogens is 172 g/mol. The fourth-order valence-corrected chi connectivity index (χ4v) is 3.08. The van der Waals surface area contributed by atoms with Crippen LogP contribution < -0.4 is 5.32 Å². The summed E-state index contributed by atoms with van der Waals surface area (Å²) in [5.41, 5.74) is 0.771. The first kappa shape index (κ1) is 10.4. The van der Waals surface area contributed by atoms with Gasteiger partial charge in [0.1, 0.15) is 0 Å². The van der Waals surface area contributed by atoms with Crippen LogP contribution in [0.4, 0.5) is 0 Å². The minimum absolute atomic E-state index is 0.771. The summed E-state index contributed by atoms with van der Waals surface area (Å²) in [4.78, 5) is 2.52. The highest BCUT2D eigenvalue weighted by Gasteiger charge is 2.53. The Bertz CT molecular complexity index is 185. The first-order chi connectivity index (χ1) is 6.77. The molecule has 1 N–H and O–H groups in total. The van der Waals surface area contributed by atoms with E-state index in [9.17, 15) is 0 Å². The van der Waals surface area contributed by atoms with Crippen LogP contribution in [0.1, 0.15) is 32.6 Å². The van der Waals surface area contributed by atoms with Gasteiger partial charge in [0.15, 0.2) is 0 Å². The lowest BCUT2D eigenvalue weighted by Crippen LogP contribution is -2.32. The van der Waals surface area contributed by atoms with Crippen molar-refractivity contribution in [3.63, 3.8) is 0 Å². The maximum absolute atomic E-state index is 3.47. The summed E-state index contributed by atoms with van der Waals surface area (Å²) in [7, 11) is 2.27. The molecule has 14 heavy (non-hydrogen) atoms. The molecule has 1 aliphatic heterocycles. The molecule has 0 aromatic rings. The van der Waals surface area contributed by atoms with Crippen LogP contribution in [0.5, 0.6) is 0 Å². The molecule has 0 radical (unpaired) electrons. The molecule has 2 fully saturated rings. The van der Waals surface area contributed by atoms with Crippen molar-refractivity contribution >= 4 is 0 Å². The molecular formula is C12H24N2. The quantitative estimate of drug-likeness (QED) is 0.736. The van der Waals surface area contributed by atoms with E-state index in [0.29, 0.717) is 0 Å². The average Bonchev–Trinajstić information content (AvgIpc) is 2.79. The van der Waals surface area contributed by atoms with E-state index in [0.717, 1.165) is 11.3 Å². The summed E-state index contributed by atoms with van der Waals surface area (Å²) in [6.45, 7) is 7.39. The molecule has 2 nitrogen and oxygen atoms in total. The third-order valence-corrected chi connectivity index (χ3v) is 4.10. The predicted molar refractivity (Wildman–Crippen MR) is 60.4 cm³/mol. The molecule has 0 aromatic heterocycles. The van der Waals surface area contributed by atoms with Gasteiger partial charge in [-0.1, -0.05) is 6.92 Å². The second-order valence-electron chi connectivity index (χ2n) is 5.28. The van der Waals surface area contributed by atoms with Crippen molar-refractivity contribution in [1.29, 1.82) is 0 Å². The van der Waals surface area contributed by atoms with Crippen molar-refractivity contribution in [2.45, 2.75) is 32.6 Å². The van der Waals surface area contributed by atoms with Crippen molar-refractivity contribution in [2.75, 3.05) is 33.2 Å². The SMILES string of the molecule is CCCN(C)CC1CC12CCNCC2. The molecule has 0 bridgehead atoms. The van der Waals surface area contributed by atoms with Crippen LogP contribution in [0.2, 0.25) is 0 Å². The summed E-state index contributed by atoms with van der Waals surface area (Å²) in [5.74, 6) is 1.01. The van der Waals surface area contributed by atoms with Crippen LogP contribution >= 0.6 is 0 Å². The molecule has 1 spiro atoms. The maximum Gasteiger partial charge on any atom is 0.00121 e. The molecule has 1 heterocycles. The van der Waals surface area contributed by atoms with Gasteiger partial charge in [-0.2, -0.15) is 0 Å². The molecule has 1 aliphatic carbocycles. The van der Waals surface area contributed by atoms with E-state index in [1.807, 2.05) is 0 Å². The highest BCUT2D eigenvalue weighted by Crippen LogP contribution is 2.58. The van der Waals surface area contributed by atoms with Gasteiger partial charge in [0.25, 0.3) is 0 Å². The molecule has 1 unspecified atom stereocenters. The molecule has 82 valence electrons. The van der Waals surface area contributed by atoms with Crippen molar-refractivity contribution in [3.05, 3.63) is 0 Å². The molecule has 2 rings (SSSR count). The Balaban J connectivity index is 1.74. The van der Waals surface area contributed by atoms with E-state index in [-0.39, 0.29) is 0 Å². The lowest BCUT2D eigenvalue weighted by atomic mass is 9.92. The van der Waals surface area contributed by atoms with Gasteiger partial charge in [-0.05, 0) is 63.7 Å². The molecule has 2 heteroatoms. The summed E-state index contributed by atoms with van der Waals surface area (Å²) in [6.07, 6.45) is 5.65. The fraction of sp³-hybridized carbons (Fsp3) is 1.00. The zero-order valence-corrected chi connectivity index (χ0v) is 9.68. The van der Waals surface area contributed by atoms with Gasteiger partial charge in [-0.15, -0.1) is 0 Å². The number of hydrogen-bond donors (Lipinski definition) is 1. The van der Waals surface area contributed by atoms with Crippen LogP contribution in [-0.2, 0) is 0 Å². The van der Waals surface area contributed by atoms with Gasteiger partial charge in [-0.25, -0.2) is 0 Å². The van der Waals surface area contributed by atoms with Crippen molar-refractivity contribution in [2.24, 2.45) is 11.3 Å². The number of nitrogens with one attached hydrogen (secondary N) is 1. The van der Waals surface area contributed by atoms with Gasteiger partial charge in [0.2, 0.25) is 0 Å². The zero-order chi connectivity index (χ0) is 10.0. The Morgan fingerprint density at radius 2 is 2.07 bits per heavy atom. The normalized spacial score (nSPS) is 29.8. The van der Waals surface area contributed by atoms with Crippen molar-refractivity contribution in [3.8, 4) is 0 Å². The van der Waals surface area contributed by atoms with Gasteiger partial charge < -0.3 is 10.2 Å². The van der Waals surface area contributed by atoms with Gasteiger partial charge >= 0.3 is 0 Å². The second-order valence-corrected chi connectivity index (χ2v) is 5.28. The lowest BCUT2D eigenvalue weighted by Gasteiger charge is -2.25. The first-order valence-corrected chi connectivity index (χ1v) is 6.16. The van der Waals surface area contributed by atoms with Crippen LogP contribution in [0, 0.1) is 11.3 Å². The highest BCUT2D eigenvalue weighted by atomic mass is 15.1. The second kappa shape index (κ2) is 4.19. The Hall–Kier alpha value is -0.0800.